The summed E-state index contributed by atoms with van der Waals surface area (Å²) >= 11 is 0. The SMILES string of the molecule is C=C1CCCN1C(C=C(C)C)CC. The van der Waals surface area contributed by atoms with E-state index < -0.39 is 0 Å². The van der Waals surface area contributed by atoms with Crippen molar-refractivity contribution in [1.29, 1.82) is 0 Å². The topological polar surface area (TPSA) is 3.24 Å². The molecule has 0 bridgehead atoms. The molecule has 0 aliphatic carbocycles. The molecule has 0 radical (unpaired) electrons. The van der Waals surface area contributed by atoms with E-state index in [4.69, 9.17) is 0 Å². The number of rotatable bonds is 3. The van der Waals surface area contributed by atoms with Gasteiger partial charge in [-0.15, -0.1) is 0 Å². The van der Waals surface area contributed by atoms with Crippen molar-refractivity contribution >= 4 is 0 Å². The van der Waals surface area contributed by atoms with Crippen molar-refractivity contribution in [1.82, 2.24) is 4.90 Å². The summed E-state index contributed by atoms with van der Waals surface area (Å²) in [4.78, 5) is 2.45. The van der Waals surface area contributed by atoms with Crippen LogP contribution in [0.1, 0.15) is 40.0 Å². The van der Waals surface area contributed by atoms with Crippen molar-refractivity contribution < 1.29 is 0 Å². The fourth-order valence-electron chi connectivity index (χ4n) is 1.97. The lowest BCUT2D eigenvalue weighted by atomic mass is 10.1. The third-order valence-corrected chi connectivity index (χ3v) is 2.61. The Balaban J connectivity index is 2.65. The van der Waals surface area contributed by atoms with Crippen LogP contribution >= 0.6 is 0 Å². The van der Waals surface area contributed by atoms with Gasteiger partial charge in [0.05, 0.1) is 0 Å². The molecular weight excluding hydrogens is 158 g/mol. The van der Waals surface area contributed by atoms with Crippen LogP contribution in [0.2, 0.25) is 0 Å². The average molecular weight is 179 g/mol. The standard InChI is InChI=1S/C12H21N/c1-5-12(9-10(2)3)13-8-6-7-11(13)4/h9,12H,4-8H2,1-3H3. The summed E-state index contributed by atoms with van der Waals surface area (Å²) in [5, 5.41) is 0. The molecular formula is C12H21N. The predicted octanol–water partition coefficient (Wildman–Crippen LogP) is 3.34. The van der Waals surface area contributed by atoms with Gasteiger partial charge in [0.2, 0.25) is 0 Å². The Morgan fingerprint density at radius 1 is 1.62 bits per heavy atom. The van der Waals surface area contributed by atoms with Gasteiger partial charge in [0.25, 0.3) is 0 Å². The van der Waals surface area contributed by atoms with Crippen molar-refractivity contribution in [2.24, 2.45) is 0 Å². The van der Waals surface area contributed by atoms with Gasteiger partial charge in [-0.3, -0.25) is 0 Å². The van der Waals surface area contributed by atoms with Crippen LogP contribution in [0.4, 0.5) is 0 Å². The molecule has 0 saturated carbocycles. The van der Waals surface area contributed by atoms with E-state index in [1.165, 1.54) is 37.1 Å². The first-order valence-electron chi connectivity index (χ1n) is 5.24. The van der Waals surface area contributed by atoms with Gasteiger partial charge in [0, 0.05) is 18.3 Å². The first-order chi connectivity index (χ1) is 6.15. The quantitative estimate of drug-likeness (QED) is 0.601. The molecule has 0 amide bonds. The minimum Gasteiger partial charge on any atom is -0.369 e. The fraction of sp³-hybridized carbons (Fsp3) is 0.667. The zero-order valence-corrected chi connectivity index (χ0v) is 9.14. The van der Waals surface area contributed by atoms with Gasteiger partial charge in [-0.1, -0.05) is 25.2 Å². The molecule has 1 saturated heterocycles. The molecule has 0 aromatic rings. The highest BCUT2D eigenvalue weighted by atomic mass is 15.2. The number of hydrogen-bond donors (Lipinski definition) is 0. The van der Waals surface area contributed by atoms with Crippen molar-refractivity contribution in [3.63, 3.8) is 0 Å². The first kappa shape index (κ1) is 10.4. The van der Waals surface area contributed by atoms with Gasteiger partial charge in [-0.2, -0.15) is 0 Å². The Morgan fingerprint density at radius 3 is 2.69 bits per heavy atom. The van der Waals surface area contributed by atoms with Crippen LogP contribution in [0.25, 0.3) is 0 Å². The maximum absolute atomic E-state index is 4.11. The highest BCUT2D eigenvalue weighted by Gasteiger charge is 2.20. The van der Waals surface area contributed by atoms with E-state index in [0.717, 1.165) is 0 Å². The van der Waals surface area contributed by atoms with Crippen LogP contribution < -0.4 is 0 Å². The zero-order valence-electron chi connectivity index (χ0n) is 9.14. The third kappa shape index (κ3) is 2.61. The molecule has 13 heavy (non-hydrogen) atoms. The monoisotopic (exact) mass is 179 g/mol. The highest BCUT2D eigenvalue weighted by Crippen LogP contribution is 2.24. The van der Waals surface area contributed by atoms with Crippen LogP contribution in [0.5, 0.6) is 0 Å². The molecule has 1 heteroatoms. The fourth-order valence-corrected chi connectivity index (χ4v) is 1.97. The van der Waals surface area contributed by atoms with Gasteiger partial charge in [0.15, 0.2) is 0 Å². The molecule has 1 rings (SSSR count). The zero-order chi connectivity index (χ0) is 9.84. The van der Waals surface area contributed by atoms with E-state index in [0.29, 0.717) is 6.04 Å². The van der Waals surface area contributed by atoms with Crippen molar-refractivity contribution in [3.05, 3.63) is 23.9 Å². The lowest BCUT2D eigenvalue weighted by Gasteiger charge is -2.27. The lowest BCUT2D eigenvalue weighted by Crippen LogP contribution is -2.29. The number of hydrogen-bond acceptors (Lipinski definition) is 1. The van der Waals surface area contributed by atoms with E-state index in [9.17, 15) is 0 Å². The van der Waals surface area contributed by atoms with Crippen molar-refractivity contribution in [3.8, 4) is 0 Å². The molecule has 1 aliphatic heterocycles. The van der Waals surface area contributed by atoms with E-state index in [2.05, 4.69) is 38.3 Å². The van der Waals surface area contributed by atoms with Crippen LogP contribution in [0.15, 0.2) is 23.9 Å². The Labute approximate surface area is 82.1 Å². The summed E-state index contributed by atoms with van der Waals surface area (Å²) in [5.74, 6) is 0. The summed E-state index contributed by atoms with van der Waals surface area (Å²) in [6.07, 6.45) is 6.01. The highest BCUT2D eigenvalue weighted by molar-refractivity contribution is 5.09. The van der Waals surface area contributed by atoms with Crippen LogP contribution in [0, 0.1) is 0 Å². The Morgan fingerprint density at radius 2 is 2.31 bits per heavy atom. The summed E-state index contributed by atoms with van der Waals surface area (Å²) < 4.78 is 0. The molecule has 1 fully saturated rings. The largest absolute Gasteiger partial charge is 0.369 e. The van der Waals surface area contributed by atoms with E-state index in [-0.39, 0.29) is 0 Å². The summed E-state index contributed by atoms with van der Waals surface area (Å²) in [6.45, 7) is 11.9. The van der Waals surface area contributed by atoms with Crippen LogP contribution in [0.3, 0.4) is 0 Å². The lowest BCUT2D eigenvalue weighted by molar-refractivity contribution is 0.324. The van der Waals surface area contributed by atoms with Crippen molar-refractivity contribution in [2.45, 2.75) is 46.1 Å². The predicted molar refractivity (Wildman–Crippen MR) is 58.6 cm³/mol. The number of nitrogens with zero attached hydrogens (tertiary/aromatic N) is 1. The smallest absolute Gasteiger partial charge is 0.0469 e. The normalized spacial score (nSPS) is 19.0. The molecule has 1 atom stereocenters. The average Bonchev–Trinajstić information content (AvgIpc) is 2.47. The van der Waals surface area contributed by atoms with Crippen LogP contribution in [-0.4, -0.2) is 17.5 Å². The van der Waals surface area contributed by atoms with Gasteiger partial charge in [-0.25, -0.2) is 0 Å². The maximum atomic E-state index is 4.11. The summed E-state index contributed by atoms with van der Waals surface area (Å²) in [7, 11) is 0. The Kier molecular flexibility index (Phi) is 3.58. The molecule has 0 aromatic carbocycles. The second-order valence-corrected chi connectivity index (χ2v) is 4.08. The molecule has 1 aliphatic rings. The van der Waals surface area contributed by atoms with Crippen molar-refractivity contribution in [2.75, 3.05) is 6.54 Å². The second kappa shape index (κ2) is 4.50. The van der Waals surface area contributed by atoms with Gasteiger partial charge in [0.1, 0.15) is 0 Å². The molecule has 1 nitrogen and oxygen atoms in total. The molecule has 74 valence electrons. The number of likely N-dealkylation sites (tertiary alicyclic amines) is 1. The molecule has 1 unspecified atom stereocenters. The van der Waals surface area contributed by atoms with E-state index >= 15 is 0 Å². The van der Waals surface area contributed by atoms with E-state index in [1.54, 1.807) is 0 Å². The first-order valence-corrected chi connectivity index (χ1v) is 5.24. The van der Waals surface area contributed by atoms with Gasteiger partial charge < -0.3 is 4.90 Å². The minimum absolute atomic E-state index is 0.583. The molecule has 0 spiro atoms. The molecule has 0 aromatic heterocycles. The molecule has 1 heterocycles. The van der Waals surface area contributed by atoms with E-state index in [1.807, 2.05) is 0 Å². The second-order valence-electron chi connectivity index (χ2n) is 4.08. The summed E-state index contributed by atoms with van der Waals surface area (Å²) in [6, 6.07) is 0.583. The number of allylic oxidation sites excluding steroid dienone is 2. The maximum Gasteiger partial charge on any atom is 0.0469 e. The third-order valence-electron chi connectivity index (χ3n) is 2.61. The van der Waals surface area contributed by atoms with Gasteiger partial charge in [-0.05, 0) is 33.1 Å². The summed E-state index contributed by atoms with van der Waals surface area (Å²) in [5.41, 5.74) is 2.73. The Bertz CT molecular complexity index is 211. The van der Waals surface area contributed by atoms with Gasteiger partial charge >= 0.3 is 0 Å². The molecule has 0 N–H and O–H groups in total. The minimum atomic E-state index is 0.583. The Hall–Kier alpha value is -0.720. The van der Waals surface area contributed by atoms with Crippen LogP contribution in [-0.2, 0) is 0 Å².